The summed E-state index contributed by atoms with van der Waals surface area (Å²) in [5.74, 6) is 7.27. The van der Waals surface area contributed by atoms with E-state index in [-0.39, 0.29) is 0 Å². The number of rotatable bonds is 3. The second-order valence-corrected chi connectivity index (χ2v) is 24.3. The van der Waals surface area contributed by atoms with Crippen molar-refractivity contribution in [3.63, 3.8) is 0 Å². The van der Waals surface area contributed by atoms with E-state index in [1.807, 2.05) is 0 Å². The first-order valence-corrected chi connectivity index (χ1v) is 19.4. The molecule has 0 aliphatic heterocycles. The molecule has 0 amide bonds. The Balaban J connectivity index is 2.10. The van der Waals surface area contributed by atoms with Gasteiger partial charge in [-0.3, -0.25) is 0 Å². The van der Waals surface area contributed by atoms with Gasteiger partial charge in [-0.05, 0) is 0 Å². The zero-order valence-corrected chi connectivity index (χ0v) is 18.6. The van der Waals surface area contributed by atoms with E-state index in [0.717, 1.165) is 16.6 Å². The van der Waals surface area contributed by atoms with Gasteiger partial charge in [0.25, 0.3) is 0 Å². The van der Waals surface area contributed by atoms with Gasteiger partial charge >= 0.3 is 149 Å². The van der Waals surface area contributed by atoms with E-state index in [0.29, 0.717) is 0 Å². The summed E-state index contributed by atoms with van der Waals surface area (Å²) in [6.07, 6.45) is 1.70. The summed E-state index contributed by atoms with van der Waals surface area (Å²) in [5.41, 5.74) is 3.27. The fraction of sp³-hybridized carbons (Fsp3) is 0.300. The summed E-state index contributed by atoms with van der Waals surface area (Å²) in [6, 6.07) is 15.7. The van der Waals surface area contributed by atoms with Gasteiger partial charge in [0, 0.05) is 0 Å². The van der Waals surface area contributed by atoms with Gasteiger partial charge in [0.15, 0.2) is 0 Å². The SMILES string of the molecule is C[Si](C)(C)c1ccc2c(-c3cc[c]([Ge]([CH3])([CH3])[CH3])cc3)ncnc2c1. The number of nitrogens with zero attached hydrogens (tertiary/aromatic N) is 2. The Morgan fingerprint density at radius 2 is 1.50 bits per heavy atom. The van der Waals surface area contributed by atoms with E-state index in [1.165, 1.54) is 15.1 Å². The Bertz CT molecular complexity index is 875. The second-order valence-electron chi connectivity index (χ2n) is 8.53. The molecule has 0 atom stereocenters. The minimum absolute atomic E-state index is 1.04. The van der Waals surface area contributed by atoms with Gasteiger partial charge in [-0.15, -0.1) is 0 Å². The van der Waals surface area contributed by atoms with Gasteiger partial charge in [0.05, 0.1) is 0 Å². The summed E-state index contributed by atoms with van der Waals surface area (Å²) in [6.45, 7) is 7.10. The van der Waals surface area contributed by atoms with Crippen LogP contribution < -0.4 is 9.58 Å². The van der Waals surface area contributed by atoms with Gasteiger partial charge in [0.2, 0.25) is 0 Å². The van der Waals surface area contributed by atoms with Gasteiger partial charge in [-0.2, -0.15) is 0 Å². The normalized spacial score (nSPS) is 12.6. The monoisotopic (exact) mass is 396 g/mol. The molecule has 0 saturated carbocycles. The van der Waals surface area contributed by atoms with Crippen molar-refractivity contribution >= 4 is 41.8 Å². The Hall–Kier alpha value is -1.46. The van der Waals surface area contributed by atoms with E-state index in [9.17, 15) is 0 Å². The van der Waals surface area contributed by atoms with Crippen molar-refractivity contribution in [2.75, 3.05) is 0 Å². The van der Waals surface area contributed by atoms with Crippen molar-refractivity contribution in [2.45, 2.75) is 36.9 Å². The van der Waals surface area contributed by atoms with Crippen LogP contribution in [0.1, 0.15) is 0 Å². The minimum atomic E-state index is -1.77. The number of fused-ring (bicyclic) bond motifs is 1. The van der Waals surface area contributed by atoms with Crippen molar-refractivity contribution in [3.05, 3.63) is 48.8 Å². The first kappa shape index (κ1) is 17.4. The van der Waals surface area contributed by atoms with Crippen LogP contribution in [0.3, 0.4) is 0 Å². The summed E-state index contributed by atoms with van der Waals surface area (Å²) in [5, 5.41) is 2.58. The number of hydrogen-bond donors (Lipinski definition) is 0. The maximum atomic E-state index is 4.58. The molecule has 0 radical (unpaired) electrons. The van der Waals surface area contributed by atoms with E-state index >= 15 is 0 Å². The molecular weight excluding hydrogens is 369 g/mol. The Kier molecular flexibility index (Phi) is 4.43. The van der Waals surface area contributed by atoms with Crippen molar-refractivity contribution in [2.24, 2.45) is 0 Å². The molecule has 0 unspecified atom stereocenters. The van der Waals surface area contributed by atoms with Crippen molar-refractivity contribution in [1.29, 1.82) is 0 Å². The molecule has 3 rings (SSSR count). The predicted octanol–water partition coefficient (Wildman–Crippen LogP) is 4.39. The molecule has 3 aromatic rings. The van der Waals surface area contributed by atoms with Gasteiger partial charge in [-0.1, -0.05) is 0 Å². The fourth-order valence-corrected chi connectivity index (χ4v) is 6.48. The van der Waals surface area contributed by atoms with Crippen LogP contribution in [0.5, 0.6) is 0 Å². The molecule has 1 aromatic heterocycles. The van der Waals surface area contributed by atoms with Crippen LogP contribution in [0, 0.1) is 0 Å². The molecule has 0 aliphatic carbocycles. The zero-order chi connectivity index (χ0) is 17.5. The first-order valence-electron chi connectivity index (χ1n) is 8.52. The van der Waals surface area contributed by atoms with Crippen LogP contribution in [0.25, 0.3) is 22.2 Å². The molecular formula is C20H26GeN2Si. The summed E-state index contributed by atoms with van der Waals surface area (Å²) < 4.78 is 1.53. The standard InChI is InChI=1S/C20H26GeN2Si/c1-21(2,3)16-9-7-15(8-10-16)20-18-12-11-17(24(4,5)6)13-19(18)22-14-23-20/h7-14H,1-6H3. The maximum absolute atomic E-state index is 4.58. The molecule has 24 heavy (non-hydrogen) atoms. The summed E-state index contributed by atoms with van der Waals surface area (Å²) in [4.78, 5) is 9.10. The Morgan fingerprint density at radius 1 is 0.833 bits per heavy atom. The molecule has 1 heterocycles. The molecule has 2 aromatic carbocycles. The molecule has 0 N–H and O–H groups in total. The summed E-state index contributed by atoms with van der Waals surface area (Å²) in [7, 11) is -1.33. The average molecular weight is 395 g/mol. The van der Waals surface area contributed by atoms with Gasteiger partial charge in [0.1, 0.15) is 0 Å². The Labute approximate surface area is 148 Å². The molecule has 0 aliphatic rings. The zero-order valence-electron chi connectivity index (χ0n) is 15.5. The van der Waals surface area contributed by atoms with Crippen molar-refractivity contribution in [1.82, 2.24) is 9.97 Å². The van der Waals surface area contributed by atoms with Crippen molar-refractivity contribution in [3.8, 4) is 11.3 Å². The third-order valence-electron chi connectivity index (χ3n) is 4.53. The quantitative estimate of drug-likeness (QED) is 0.615. The van der Waals surface area contributed by atoms with E-state index in [4.69, 9.17) is 0 Å². The third kappa shape index (κ3) is 3.47. The molecule has 0 fully saturated rings. The first-order chi connectivity index (χ1) is 11.2. The Morgan fingerprint density at radius 3 is 2.08 bits per heavy atom. The van der Waals surface area contributed by atoms with Crippen LogP contribution in [0.4, 0.5) is 0 Å². The number of hydrogen-bond acceptors (Lipinski definition) is 2. The number of benzene rings is 2. The van der Waals surface area contributed by atoms with Gasteiger partial charge in [-0.25, -0.2) is 0 Å². The van der Waals surface area contributed by atoms with Crippen LogP contribution >= 0.6 is 0 Å². The van der Waals surface area contributed by atoms with E-state index in [2.05, 4.69) is 89.3 Å². The topological polar surface area (TPSA) is 25.8 Å². The number of aromatic nitrogens is 2. The summed E-state index contributed by atoms with van der Waals surface area (Å²) >= 11 is -1.77. The van der Waals surface area contributed by atoms with Crippen LogP contribution in [0.2, 0.25) is 36.9 Å². The van der Waals surface area contributed by atoms with E-state index < -0.39 is 21.3 Å². The molecule has 0 spiro atoms. The third-order valence-corrected chi connectivity index (χ3v) is 10.9. The molecule has 2 nitrogen and oxygen atoms in total. The second kappa shape index (κ2) is 6.12. The van der Waals surface area contributed by atoms with Crippen LogP contribution in [-0.2, 0) is 0 Å². The van der Waals surface area contributed by atoms with Crippen LogP contribution in [-0.4, -0.2) is 31.3 Å². The molecule has 124 valence electrons. The molecule has 4 heteroatoms. The van der Waals surface area contributed by atoms with Crippen LogP contribution in [0.15, 0.2) is 48.8 Å². The molecule has 0 saturated heterocycles. The average Bonchev–Trinajstić information content (AvgIpc) is 2.52. The molecule has 0 bridgehead atoms. The van der Waals surface area contributed by atoms with E-state index in [1.54, 1.807) is 6.33 Å². The fourth-order valence-electron chi connectivity index (χ4n) is 2.88. The van der Waals surface area contributed by atoms with Gasteiger partial charge < -0.3 is 0 Å². The predicted molar refractivity (Wildman–Crippen MR) is 111 cm³/mol. The van der Waals surface area contributed by atoms with Crippen molar-refractivity contribution < 1.29 is 0 Å².